The number of carbonyl (C=O) groups excluding carboxylic acids is 2. The SMILES string of the molecule is Cc1ccccc1[C@H](CC(C)C)NC(=O)c1cccnc1C(N)=O. The molecular weight excluding hydrogens is 302 g/mol. The Morgan fingerprint density at radius 3 is 2.50 bits per heavy atom. The van der Waals surface area contributed by atoms with Crippen molar-refractivity contribution in [3.63, 3.8) is 0 Å². The van der Waals surface area contributed by atoms with Crippen molar-refractivity contribution < 1.29 is 9.59 Å². The summed E-state index contributed by atoms with van der Waals surface area (Å²) in [5, 5.41) is 3.03. The maximum atomic E-state index is 12.7. The van der Waals surface area contributed by atoms with Crippen LogP contribution in [0.15, 0.2) is 42.6 Å². The van der Waals surface area contributed by atoms with Gasteiger partial charge in [-0.2, -0.15) is 0 Å². The van der Waals surface area contributed by atoms with E-state index in [0.717, 1.165) is 17.5 Å². The molecule has 1 aromatic carbocycles. The molecule has 5 heteroatoms. The highest BCUT2D eigenvalue weighted by atomic mass is 16.2. The lowest BCUT2D eigenvalue weighted by molar-refractivity contribution is 0.0916. The molecule has 0 saturated heterocycles. The van der Waals surface area contributed by atoms with Gasteiger partial charge in [0.25, 0.3) is 11.8 Å². The fourth-order valence-electron chi connectivity index (χ4n) is 2.73. The predicted molar refractivity (Wildman–Crippen MR) is 93.6 cm³/mol. The molecule has 0 spiro atoms. The minimum Gasteiger partial charge on any atom is -0.364 e. The van der Waals surface area contributed by atoms with Crippen molar-refractivity contribution in [1.82, 2.24) is 10.3 Å². The van der Waals surface area contributed by atoms with Crippen LogP contribution in [0.4, 0.5) is 0 Å². The number of nitrogens with zero attached hydrogens (tertiary/aromatic N) is 1. The Morgan fingerprint density at radius 2 is 1.88 bits per heavy atom. The van der Waals surface area contributed by atoms with E-state index in [1.807, 2.05) is 31.2 Å². The quantitative estimate of drug-likeness (QED) is 0.856. The lowest BCUT2D eigenvalue weighted by Gasteiger charge is -2.23. The van der Waals surface area contributed by atoms with Crippen molar-refractivity contribution in [2.75, 3.05) is 0 Å². The second-order valence-corrected chi connectivity index (χ2v) is 6.28. The molecular formula is C19H23N3O2. The standard InChI is InChI=1S/C19H23N3O2/c1-12(2)11-16(14-8-5-4-7-13(14)3)22-19(24)15-9-6-10-21-17(15)18(20)23/h4-10,12,16H,11H2,1-3H3,(H2,20,23)(H,22,24)/t16-/m0/s1. The molecule has 0 aliphatic rings. The second kappa shape index (κ2) is 7.73. The van der Waals surface area contributed by atoms with Crippen LogP contribution in [0.2, 0.25) is 0 Å². The summed E-state index contributed by atoms with van der Waals surface area (Å²) in [5.41, 5.74) is 7.70. The van der Waals surface area contributed by atoms with Crippen molar-refractivity contribution in [3.8, 4) is 0 Å². The van der Waals surface area contributed by atoms with Crippen molar-refractivity contribution in [2.24, 2.45) is 11.7 Å². The van der Waals surface area contributed by atoms with Crippen LogP contribution in [-0.2, 0) is 0 Å². The van der Waals surface area contributed by atoms with Gasteiger partial charge in [-0.3, -0.25) is 14.6 Å². The molecule has 0 saturated carbocycles. The van der Waals surface area contributed by atoms with Crippen molar-refractivity contribution in [3.05, 3.63) is 65.0 Å². The zero-order valence-electron chi connectivity index (χ0n) is 14.2. The number of benzene rings is 1. The van der Waals surface area contributed by atoms with E-state index in [4.69, 9.17) is 5.73 Å². The summed E-state index contributed by atoms with van der Waals surface area (Å²) in [5.74, 6) is -0.651. The summed E-state index contributed by atoms with van der Waals surface area (Å²) in [6, 6.07) is 11.0. The van der Waals surface area contributed by atoms with Gasteiger partial charge in [-0.15, -0.1) is 0 Å². The fourth-order valence-corrected chi connectivity index (χ4v) is 2.73. The van der Waals surface area contributed by atoms with Crippen molar-refractivity contribution in [2.45, 2.75) is 33.2 Å². The van der Waals surface area contributed by atoms with Crippen LogP contribution in [-0.4, -0.2) is 16.8 Å². The largest absolute Gasteiger partial charge is 0.364 e. The van der Waals surface area contributed by atoms with Crippen molar-refractivity contribution in [1.29, 1.82) is 0 Å². The minimum atomic E-state index is -0.711. The third-order valence-corrected chi connectivity index (χ3v) is 3.86. The van der Waals surface area contributed by atoms with E-state index in [2.05, 4.69) is 24.1 Å². The number of hydrogen-bond acceptors (Lipinski definition) is 3. The van der Waals surface area contributed by atoms with Gasteiger partial charge in [-0.1, -0.05) is 38.1 Å². The molecule has 1 aromatic heterocycles. The number of hydrogen-bond donors (Lipinski definition) is 2. The van der Waals surface area contributed by atoms with E-state index in [1.165, 1.54) is 6.20 Å². The summed E-state index contributed by atoms with van der Waals surface area (Å²) < 4.78 is 0. The van der Waals surface area contributed by atoms with Gasteiger partial charge in [0.2, 0.25) is 0 Å². The number of pyridine rings is 1. The summed E-state index contributed by atoms with van der Waals surface area (Å²) in [6.07, 6.45) is 2.24. The molecule has 0 bridgehead atoms. The summed E-state index contributed by atoms with van der Waals surface area (Å²) >= 11 is 0. The van der Waals surface area contributed by atoms with Gasteiger partial charge in [0.05, 0.1) is 11.6 Å². The molecule has 0 aliphatic heterocycles. The first-order chi connectivity index (χ1) is 11.4. The van der Waals surface area contributed by atoms with Gasteiger partial charge in [-0.25, -0.2) is 0 Å². The number of amides is 2. The summed E-state index contributed by atoms with van der Waals surface area (Å²) in [6.45, 7) is 6.24. The van der Waals surface area contributed by atoms with E-state index >= 15 is 0 Å². The Labute approximate surface area is 142 Å². The maximum absolute atomic E-state index is 12.7. The lowest BCUT2D eigenvalue weighted by atomic mass is 9.93. The second-order valence-electron chi connectivity index (χ2n) is 6.28. The van der Waals surface area contributed by atoms with Crippen LogP contribution in [0.25, 0.3) is 0 Å². The lowest BCUT2D eigenvalue weighted by Crippen LogP contribution is -2.32. The monoisotopic (exact) mass is 325 g/mol. The van der Waals surface area contributed by atoms with Crippen LogP contribution < -0.4 is 11.1 Å². The zero-order valence-corrected chi connectivity index (χ0v) is 14.2. The first-order valence-corrected chi connectivity index (χ1v) is 8.01. The molecule has 0 radical (unpaired) electrons. The fraction of sp³-hybridized carbons (Fsp3) is 0.316. The average Bonchev–Trinajstić information content (AvgIpc) is 2.54. The highest BCUT2D eigenvalue weighted by Gasteiger charge is 2.22. The van der Waals surface area contributed by atoms with Gasteiger partial charge < -0.3 is 11.1 Å². The first kappa shape index (κ1) is 17.7. The third-order valence-electron chi connectivity index (χ3n) is 3.86. The van der Waals surface area contributed by atoms with Crippen LogP contribution in [0.3, 0.4) is 0 Å². The highest BCUT2D eigenvalue weighted by Crippen LogP contribution is 2.24. The van der Waals surface area contributed by atoms with Crippen LogP contribution >= 0.6 is 0 Å². The average molecular weight is 325 g/mol. The molecule has 3 N–H and O–H groups in total. The van der Waals surface area contributed by atoms with Gasteiger partial charge in [0, 0.05) is 6.20 Å². The van der Waals surface area contributed by atoms with Gasteiger partial charge in [0.1, 0.15) is 5.69 Å². The van der Waals surface area contributed by atoms with Gasteiger partial charge in [0.15, 0.2) is 0 Å². The topological polar surface area (TPSA) is 85.1 Å². The highest BCUT2D eigenvalue weighted by molar-refractivity contribution is 6.05. The summed E-state index contributed by atoms with van der Waals surface area (Å²) in [7, 11) is 0. The maximum Gasteiger partial charge on any atom is 0.268 e. The van der Waals surface area contributed by atoms with Gasteiger partial charge in [-0.05, 0) is 42.5 Å². The van der Waals surface area contributed by atoms with Crippen molar-refractivity contribution >= 4 is 11.8 Å². The Kier molecular flexibility index (Phi) is 5.68. The molecule has 2 amide bonds. The van der Waals surface area contributed by atoms with E-state index < -0.39 is 5.91 Å². The number of nitrogens with one attached hydrogen (secondary N) is 1. The van der Waals surface area contributed by atoms with Crippen LogP contribution in [0.5, 0.6) is 0 Å². The van der Waals surface area contributed by atoms with E-state index in [1.54, 1.807) is 12.1 Å². The molecule has 1 heterocycles. The Bertz CT molecular complexity index is 741. The summed E-state index contributed by atoms with van der Waals surface area (Å²) in [4.78, 5) is 28.1. The number of primary amides is 1. The predicted octanol–water partition coefficient (Wildman–Crippen LogP) is 3.01. The number of rotatable bonds is 6. The number of aromatic nitrogens is 1. The molecule has 0 fully saturated rings. The molecule has 24 heavy (non-hydrogen) atoms. The molecule has 2 aromatic rings. The Morgan fingerprint density at radius 1 is 1.17 bits per heavy atom. The van der Waals surface area contributed by atoms with E-state index in [-0.39, 0.29) is 23.2 Å². The smallest absolute Gasteiger partial charge is 0.268 e. The van der Waals surface area contributed by atoms with Crippen LogP contribution in [0, 0.1) is 12.8 Å². The molecule has 1 atom stereocenters. The Balaban J connectivity index is 2.32. The molecule has 5 nitrogen and oxygen atoms in total. The third kappa shape index (κ3) is 4.19. The minimum absolute atomic E-state index is 0.0110. The normalized spacial score (nSPS) is 12.0. The number of aryl methyl sites for hydroxylation is 1. The number of carbonyl (C=O) groups is 2. The molecule has 2 rings (SSSR count). The van der Waals surface area contributed by atoms with E-state index in [0.29, 0.717) is 5.92 Å². The molecule has 126 valence electrons. The first-order valence-electron chi connectivity index (χ1n) is 8.01. The number of nitrogens with two attached hydrogens (primary N) is 1. The van der Waals surface area contributed by atoms with Crippen LogP contribution in [0.1, 0.15) is 58.3 Å². The molecule has 0 unspecified atom stereocenters. The zero-order chi connectivity index (χ0) is 17.7. The van der Waals surface area contributed by atoms with E-state index in [9.17, 15) is 9.59 Å². The van der Waals surface area contributed by atoms with Gasteiger partial charge >= 0.3 is 0 Å². The molecule has 0 aliphatic carbocycles. The Hall–Kier alpha value is -2.69.